The first-order valence-corrected chi connectivity index (χ1v) is 50.0. The quantitative estimate of drug-likeness (QED) is 0.0314. The molecule has 1 amide bonds. The Hall–Kier alpha value is -14.6. The molecule has 5 atom stereocenters. The smallest absolute Gasteiger partial charge is 0.282 e. The highest BCUT2D eigenvalue weighted by molar-refractivity contribution is 7.89. The number of H-pyrrole nitrogens is 1. The number of nitrogens with one attached hydrogen (secondary N) is 3. The molecule has 6 N–H and O–H groups in total. The van der Waals surface area contributed by atoms with Crippen molar-refractivity contribution in [2.75, 3.05) is 142 Å². The minimum Gasteiger partial charge on any atom is -0.396 e. The Morgan fingerprint density at radius 2 is 0.760 bits per heavy atom. The van der Waals surface area contributed by atoms with Gasteiger partial charge in [0.25, 0.3) is 32.1 Å². The van der Waals surface area contributed by atoms with Crippen LogP contribution in [0.2, 0.25) is 0 Å². The number of fused-ring (bicyclic) bond motifs is 5. The summed E-state index contributed by atoms with van der Waals surface area (Å²) in [6, 6.07) is 32.3. The highest BCUT2D eigenvalue weighted by Crippen LogP contribution is 2.37. The van der Waals surface area contributed by atoms with Crippen LogP contribution >= 0.6 is 0 Å². The molecule has 0 radical (unpaired) electrons. The fourth-order valence-corrected chi connectivity index (χ4v) is 18.3. The Morgan fingerprint density at radius 1 is 0.432 bits per heavy atom. The van der Waals surface area contributed by atoms with E-state index in [1.54, 1.807) is 92.4 Å². The Labute approximate surface area is 827 Å². The summed E-state index contributed by atoms with van der Waals surface area (Å²) in [5.41, 5.74) is 13.5. The number of morpholine rings is 4. The molecule has 0 aliphatic carbocycles. The molecule has 5 aliphatic heterocycles. The molecule has 5 aliphatic rings. The number of imidazole rings is 5. The molecule has 52 heteroatoms. The number of hydrogen-bond acceptors (Lipinski definition) is 31. The number of aromatic amines is 1. The monoisotopic (exact) mass is 2060 g/mol. The normalized spacial score (nSPS) is 17.9. The standard InChI is InChI=1S/C20H24F2N6O3S.C19H17F2N7O.C19H20F2N6O.C18H20F2N6O3S.C18H19F2N5O2/c1-20(2)12-27(11-14(31-20)9-25-32(3,29)30)18-8-13(6-7-23-18)16-10-24-17-5-4-15(19(21)22)26-28(16)17;20-19(21)14-1-2-17-23-10-15(28(17)26-14)12-3-4-22-18(7-12)27-5-6-29-16(11-27)13-8-24-25-9-13;20-19(21)14-3-4-17-24-10-15(27(17)25-14)13-5-6-23-18(9-13)26-7-1-2-12(11-26)8-16(22)28;1-30(27,28)23-9-13-11-25(6-7-29-13)17-8-12(4-5-21-17)15-10-22-16-3-2-14(18(19)20)24-26(15)16;19-18(20)14-1-2-16-22-10-15(25(16)23-14)12-3-5-21-17(9-12)24-6-8-27-13(11-24)4-7-26/h4-8,10,14,19,25H,9,11-12H2,1-3H3;1-4,7-10,16,19H,5-6,11H2,(H,24,25);3-6,9-10,12,19H,1-2,7-8,11H2,(H2,22,28);2-5,8,10,13,18,23H,6-7,9,11H2,1H3;1-3,5,9-10,13,18,26H,4,6-8,11H2/t14-;;;;/m0..../s1. The van der Waals surface area contributed by atoms with Crippen molar-refractivity contribution in [3.05, 3.63) is 230 Å². The van der Waals surface area contributed by atoms with E-state index in [2.05, 4.69) is 110 Å². The molecular formula is C94H100F10N30O10S2. The molecule has 768 valence electrons. The number of piperidine rings is 1. The number of rotatable bonds is 26. The minimum atomic E-state index is -3.34. The van der Waals surface area contributed by atoms with Gasteiger partial charge in [0.2, 0.25) is 26.0 Å². The molecule has 5 fully saturated rings. The van der Waals surface area contributed by atoms with E-state index in [0.717, 1.165) is 82.7 Å². The number of aliphatic hydroxyl groups excluding tert-OH is 1. The van der Waals surface area contributed by atoms with E-state index in [1.807, 2.05) is 66.2 Å². The van der Waals surface area contributed by atoms with Crippen molar-refractivity contribution in [2.45, 2.75) is 102 Å². The Balaban J connectivity index is 0.000000125. The van der Waals surface area contributed by atoms with Crippen LogP contribution in [0.1, 0.15) is 112 Å². The van der Waals surface area contributed by atoms with E-state index in [4.69, 9.17) is 29.8 Å². The van der Waals surface area contributed by atoms with Gasteiger partial charge in [-0.2, -0.15) is 30.6 Å². The van der Waals surface area contributed by atoms with Crippen LogP contribution < -0.4 is 39.7 Å². The van der Waals surface area contributed by atoms with E-state index in [1.165, 1.54) is 83.2 Å². The number of nitrogens with zero attached hydrogens (tertiary/aromatic N) is 26. The molecule has 0 aromatic carbocycles. The SMILES string of the molecule is CC1(C)CN(c2cc(-c3cnc4ccc(C(F)F)nn34)ccn2)C[C@H](CNS(C)(=O)=O)O1.CS(=O)(=O)NCC1CN(c2cc(-c3cnc4ccc(C(F)F)nn34)ccn2)CCO1.FC(F)c1ccc2ncc(-c3ccnc(N4CCOC(c5cn[nH]c5)C4)c3)n2n1.NC(=O)CC1CCCN(c2cc(-c3cnc4ccc(C(F)F)nn34)ccn2)C1.OCCC1CN(c2cc(-c3cnc4ccc(C(F)F)nn34)ccn2)CCO1. The van der Waals surface area contributed by atoms with Crippen molar-refractivity contribution in [1.29, 1.82) is 0 Å². The number of carbonyl (C=O) groups excluding carboxylic acids is 1. The molecule has 21 rings (SSSR count). The molecule has 21 heterocycles. The number of aromatic nitrogens is 22. The minimum absolute atomic E-state index is 0.0414. The average Bonchev–Trinajstić information content (AvgIpc) is 1.67. The second-order valence-electron chi connectivity index (χ2n) is 35.3. The second-order valence-corrected chi connectivity index (χ2v) is 39.0. The van der Waals surface area contributed by atoms with Crippen LogP contribution in [0.5, 0.6) is 0 Å². The largest absolute Gasteiger partial charge is 0.396 e. The van der Waals surface area contributed by atoms with E-state index in [9.17, 15) is 65.5 Å². The maximum absolute atomic E-state index is 13.1. The number of sulfonamides is 2. The lowest BCUT2D eigenvalue weighted by molar-refractivity contribution is -0.119. The van der Waals surface area contributed by atoms with Crippen LogP contribution in [0.3, 0.4) is 0 Å². The fourth-order valence-electron chi connectivity index (χ4n) is 17.3. The summed E-state index contributed by atoms with van der Waals surface area (Å²) in [7, 11) is -6.65. The van der Waals surface area contributed by atoms with Gasteiger partial charge in [-0.15, -0.1) is 0 Å². The summed E-state index contributed by atoms with van der Waals surface area (Å²) in [5.74, 6) is 3.55. The summed E-state index contributed by atoms with van der Waals surface area (Å²) in [5, 5.41) is 36.0. The number of carbonyl (C=O) groups is 1. The lowest BCUT2D eigenvalue weighted by Crippen LogP contribution is -2.56. The first-order chi connectivity index (χ1) is 70.2. The molecule has 16 aromatic heterocycles. The number of nitrogens with two attached hydrogens (primary N) is 1. The molecule has 5 saturated heterocycles. The number of halogens is 10. The van der Waals surface area contributed by atoms with Gasteiger partial charge in [-0.05, 0) is 160 Å². The molecule has 0 bridgehead atoms. The second kappa shape index (κ2) is 45.4. The topological polar surface area (TPSA) is 453 Å². The third-order valence-corrected chi connectivity index (χ3v) is 25.6. The summed E-state index contributed by atoms with van der Waals surface area (Å²) in [6.45, 7) is 12.0. The van der Waals surface area contributed by atoms with Crippen LogP contribution in [0, 0.1) is 5.92 Å². The van der Waals surface area contributed by atoms with Crippen molar-refractivity contribution in [3.63, 3.8) is 0 Å². The number of hydrogen-bond donors (Lipinski definition) is 5. The van der Waals surface area contributed by atoms with Gasteiger partial charge in [-0.1, -0.05) is 0 Å². The van der Waals surface area contributed by atoms with Crippen molar-refractivity contribution < 1.29 is 89.6 Å². The molecule has 16 aromatic rings. The van der Waals surface area contributed by atoms with Crippen molar-refractivity contribution in [1.82, 2.24) is 118 Å². The fraction of sp³-hybridized carbons (Fsp3) is 0.372. The van der Waals surface area contributed by atoms with Gasteiger partial charge in [0.05, 0.1) is 122 Å². The Kier molecular flexibility index (Phi) is 32.0. The van der Waals surface area contributed by atoms with Crippen LogP contribution in [-0.4, -0.2) is 277 Å². The van der Waals surface area contributed by atoms with Gasteiger partial charge >= 0.3 is 0 Å². The van der Waals surface area contributed by atoms with E-state index >= 15 is 0 Å². The summed E-state index contributed by atoms with van der Waals surface area (Å²) in [4.78, 5) is 65.1. The van der Waals surface area contributed by atoms with Gasteiger partial charge in [-0.3, -0.25) is 9.89 Å². The molecule has 4 unspecified atom stereocenters. The number of alkyl halides is 10. The summed E-state index contributed by atoms with van der Waals surface area (Å²) in [6.07, 6.45) is 10.8. The molecule has 146 heavy (non-hydrogen) atoms. The molecule has 0 saturated carbocycles. The van der Waals surface area contributed by atoms with Gasteiger partial charge in [0.15, 0.2) is 28.2 Å². The van der Waals surface area contributed by atoms with E-state index < -0.39 is 57.8 Å². The maximum Gasteiger partial charge on any atom is 0.282 e. The van der Waals surface area contributed by atoms with Crippen molar-refractivity contribution in [2.24, 2.45) is 11.7 Å². The Morgan fingerprint density at radius 3 is 1.10 bits per heavy atom. The van der Waals surface area contributed by atoms with Gasteiger partial charge in [0.1, 0.15) is 63.7 Å². The van der Waals surface area contributed by atoms with Gasteiger partial charge in [0, 0.05) is 162 Å². The van der Waals surface area contributed by atoms with E-state index in [-0.39, 0.29) is 84.4 Å². The number of aliphatic hydroxyl groups is 1. The zero-order chi connectivity index (χ0) is 103. The van der Waals surface area contributed by atoms with Crippen molar-refractivity contribution >= 4 is 83.3 Å². The average molecular weight is 2060 g/mol. The van der Waals surface area contributed by atoms with Crippen LogP contribution in [0.4, 0.5) is 73.0 Å². The third-order valence-electron chi connectivity index (χ3n) is 24.2. The molecule has 40 nitrogen and oxygen atoms in total. The number of pyridine rings is 5. The lowest BCUT2D eigenvalue weighted by Gasteiger charge is -2.43. The molecular weight excluding hydrogens is 1960 g/mol. The maximum atomic E-state index is 13.1. The van der Waals surface area contributed by atoms with E-state index in [0.29, 0.717) is 160 Å². The van der Waals surface area contributed by atoms with Crippen molar-refractivity contribution in [3.8, 4) is 56.3 Å². The highest BCUT2D eigenvalue weighted by Gasteiger charge is 2.36. The third kappa shape index (κ3) is 25.5. The predicted octanol–water partition coefficient (Wildman–Crippen LogP) is 11.9. The van der Waals surface area contributed by atoms with Crippen LogP contribution in [-0.2, 0) is 43.8 Å². The lowest BCUT2D eigenvalue weighted by atomic mass is 9.94. The predicted molar refractivity (Wildman–Crippen MR) is 517 cm³/mol. The first kappa shape index (κ1) is 103. The highest BCUT2D eigenvalue weighted by atomic mass is 32.2. The number of anilines is 5. The zero-order valence-electron chi connectivity index (χ0n) is 78.8. The van der Waals surface area contributed by atoms with Crippen LogP contribution in [0.15, 0.2) is 196 Å². The van der Waals surface area contributed by atoms with Gasteiger partial charge < -0.3 is 54.3 Å². The summed E-state index contributed by atoms with van der Waals surface area (Å²) < 4.78 is 211. The molecule has 0 spiro atoms. The number of primary amides is 1. The number of amides is 1. The van der Waals surface area contributed by atoms with Gasteiger partial charge in [-0.25, -0.2) is 143 Å². The number of ether oxygens (including phenoxy) is 4. The zero-order valence-corrected chi connectivity index (χ0v) is 80.4. The Bertz CT molecular complexity index is 7460. The van der Waals surface area contributed by atoms with Crippen LogP contribution in [0.25, 0.3) is 84.5 Å². The first-order valence-electron chi connectivity index (χ1n) is 46.2. The summed E-state index contributed by atoms with van der Waals surface area (Å²) >= 11 is 0.